The number of halogens is 1. The summed E-state index contributed by atoms with van der Waals surface area (Å²) in [5, 5.41) is 3.04. The third-order valence-corrected chi connectivity index (χ3v) is 3.94. The van der Waals surface area contributed by atoms with E-state index < -0.39 is 5.82 Å². The number of hydrogen-bond acceptors (Lipinski definition) is 3. The van der Waals surface area contributed by atoms with E-state index in [0.717, 1.165) is 0 Å². The van der Waals surface area contributed by atoms with Gasteiger partial charge in [-0.15, -0.1) is 6.58 Å². The predicted octanol–water partition coefficient (Wildman–Crippen LogP) is 3.10. The van der Waals surface area contributed by atoms with Crippen molar-refractivity contribution in [2.45, 2.75) is 0 Å². The maximum absolute atomic E-state index is 13.1. The molecule has 0 saturated heterocycles. The van der Waals surface area contributed by atoms with Crippen LogP contribution in [-0.2, 0) is 0 Å². The number of aromatic nitrogens is 2. The number of nitrogens with one attached hydrogen (secondary N) is 2. The highest BCUT2D eigenvalue weighted by Crippen LogP contribution is 2.14. The van der Waals surface area contributed by atoms with E-state index in [2.05, 4.69) is 16.9 Å². The Morgan fingerprint density at radius 3 is 2.68 bits per heavy atom. The van der Waals surface area contributed by atoms with Crippen molar-refractivity contribution in [1.29, 1.82) is 0 Å². The number of carbonyl (C=O) groups excluding carboxylic acids is 1. The number of amides is 1. The average Bonchev–Trinajstić information content (AvgIpc) is 2.60. The largest absolute Gasteiger partial charge is 0.349 e. The lowest BCUT2D eigenvalue weighted by Gasteiger charge is -2.09. The van der Waals surface area contributed by atoms with Crippen LogP contribution in [0, 0.1) is 10.6 Å². The zero-order valence-electron chi connectivity index (χ0n) is 13.1. The zero-order chi connectivity index (χ0) is 18.0. The molecule has 1 aromatic heterocycles. The molecule has 1 heterocycles. The standard InChI is InChI=1S/C18H14FN3O2S/c1-2-9-20-16(23)11-3-8-14-15(10-11)21-18(25)22(17(14)24)13-6-4-12(19)5-7-13/h2-8,10H,1,9H2,(H,20,23)(H,21,25). The van der Waals surface area contributed by atoms with Crippen molar-refractivity contribution in [3.63, 3.8) is 0 Å². The van der Waals surface area contributed by atoms with Crippen molar-refractivity contribution >= 4 is 29.0 Å². The van der Waals surface area contributed by atoms with Crippen molar-refractivity contribution in [3.05, 3.63) is 81.6 Å². The molecule has 1 amide bonds. The number of aromatic amines is 1. The van der Waals surface area contributed by atoms with E-state index in [4.69, 9.17) is 12.2 Å². The molecule has 0 aliphatic carbocycles. The maximum atomic E-state index is 13.1. The van der Waals surface area contributed by atoms with Crippen molar-refractivity contribution in [2.24, 2.45) is 0 Å². The zero-order valence-corrected chi connectivity index (χ0v) is 13.9. The Bertz CT molecular complexity index is 1080. The first kappa shape index (κ1) is 16.8. The summed E-state index contributed by atoms with van der Waals surface area (Å²) in [5.74, 6) is -0.675. The normalized spacial score (nSPS) is 10.6. The van der Waals surface area contributed by atoms with E-state index in [-0.39, 0.29) is 16.2 Å². The number of carbonyl (C=O) groups is 1. The highest BCUT2D eigenvalue weighted by molar-refractivity contribution is 7.71. The first-order chi connectivity index (χ1) is 12.0. The molecule has 0 atom stereocenters. The first-order valence-electron chi connectivity index (χ1n) is 7.45. The molecule has 2 N–H and O–H groups in total. The van der Waals surface area contributed by atoms with E-state index in [1.54, 1.807) is 24.3 Å². The van der Waals surface area contributed by atoms with Crippen LogP contribution in [0.5, 0.6) is 0 Å². The Hall–Kier alpha value is -3.06. The quantitative estimate of drug-likeness (QED) is 0.558. The summed E-state index contributed by atoms with van der Waals surface area (Å²) in [6, 6.07) is 10.2. The Balaban J connectivity index is 2.13. The van der Waals surface area contributed by atoms with Gasteiger partial charge in [0.1, 0.15) is 5.82 Å². The average molecular weight is 355 g/mol. The van der Waals surface area contributed by atoms with Gasteiger partial charge in [-0.3, -0.25) is 14.2 Å². The molecule has 0 spiro atoms. The number of hydrogen-bond donors (Lipinski definition) is 2. The number of fused-ring (bicyclic) bond motifs is 1. The SMILES string of the molecule is C=CCNC(=O)c1ccc2c(=O)n(-c3ccc(F)cc3)c(=S)[nH]c2c1. The van der Waals surface area contributed by atoms with Gasteiger partial charge in [0.05, 0.1) is 16.6 Å². The van der Waals surface area contributed by atoms with Gasteiger partial charge < -0.3 is 10.3 Å². The van der Waals surface area contributed by atoms with E-state index in [1.807, 2.05) is 0 Å². The third-order valence-electron chi connectivity index (χ3n) is 3.65. The van der Waals surface area contributed by atoms with Gasteiger partial charge in [-0.2, -0.15) is 0 Å². The molecular weight excluding hydrogens is 341 g/mol. The molecule has 7 heteroatoms. The molecular formula is C18H14FN3O2S. The van der Waals surface area contributed by atoms with Gasteiger partial charge in [-0.25, -0.2) is 4.39 Å². The molecule has 0 unspecified atom stereocenters. The Morgan fingerprint density at radius 2 is 2.00 bits per heavy atom. The lowest BCUT2D eigenvalue weighted by molar-refractivity contribution is 0.0958. The molecule has 2 aromatic carbocycles. The molecule has 0 aliphatic rings. The van der Waals surface area contributed by atoms with Crippen LogP contribution < -0.4 is 10.9 Å². The summed E-state index contributed by atoms with van der Waals surface area (Å²) >= 11 is 5.26. The highest BCUT2D eigenvalue weighted by atomic mass is 32.1. The van der Waals surface area contributed by atoms with Gasteiger partial charge in [-0.1, -0.05) is 6.08 Å². The highest BCUT2D eigenvalue weighted by Gasteiger charge is 2.11. The van der Waals surface area contributed by atoms with Crippen molar-refractivity contribution in [3.8, 4) is 5.69 Å². The number of nitrogens with zero attached hydrogens (tertiary/aromatic N) is 1. The van der Waals surface area contributed by atoms with Crippen LogP contribution in [0.25, 0.3) is 16.6 Å². The second kappa shape index (κ2) is 6.82. The van der Waals surface area contributed by atoms with Crippen LogP contribution in [0.1, 0.15) is 10.4 Å². The number of H-pyrrole nitrogens is 1. The molecule has 0 bridgehead atoms. The summed E-state index contributed by atoms with van der Waals surface area (Å²) in [7, 11) is 0. The Labute approximate surface area is 147 Å². The monoisotopic (exact) mass is 355 g/mol. The molecule has 0 radical (unpaired) electrons. The topological polar surface area (TPSA) is 66.9 Å². The van der Waals surface area contributed by atoms with Crippen LogP contribution in [0.3, 0.4) is 0 Å². The number of benzene rings is 2. The Morgan fingerprint density at radius 1 is 1.28 bits per heavy atom. The van der Waals surface area contributed by atoms with Gasteiger partial charge >= 0.3 is 0 Å². The van der Waals surface area contributed by atoms with E-state index >= 15 is 0 Å². The molecule has 126 valence electrons. The maximum Gasteiger partial charge on any atom is 0.266 e. The van der Waals surface area contributed by atoms with E-state index in [1.165, 1.54) is 28.8 Å². The molecule has 5 nitrogen and oxygen atoms in total. The minimum atomic E-state index is -0.400. The van der Waals surface area contributed by atoms with Gasteiger partial charge in [0, 0.05) is 12.1 Å². The minimum absolute atomic E-state index is 0.160. The molecule has 3 rings (SSSR count). The van der Waals surface area contributed by atoms with Gasteiger partial charge in [0.25, 0.3) is 11.5 Å². The van der Waals surface area contributed by atoms with Gasteiger partial charge in [0.2, 0.25) is 0 Å². The lowest BCUT2D eigenvalue weighted by atomic mass is 10.1. The third kappa shape index (κ3) is 3.27. The van der Waals surface area contributed by atoms with E-state index in [9.17, 15) is 14.0 Å². The van der Waals surface area contributed by atoms with Crippen molar-refractivity contribution in [2.75, 3.05) is 6.54 Å². The number of rotatable bonds is 4. The second-order valence-electron chi connectivity index (χ2n) is 5.31. The van der Waals surface area contributed by atoms with Crippen LogP contribution >= 0.6 is 12.2 Å². The predicted molar refractivity (Wildman–Crippen MR) is 97.2 cm³/mol. The van der Waals surface area contributed by atoms with Crippen LogP contribution in [0.15, 0.2) is 59.9 Å². The van der Waals surface area contributed by atoms with Crippen molar-refractivity contribution in [1.82, 2.24) is 14.9 Å². The first-order valence-corrected chi connectivity index (χ1v) is 7.86. The fourth-order valence-corrected chi connectivity index (χ4v) is 2.75. The fourth-order valence-electron chi connectivity index (χ4n) is 2.45. The molecule has 0 fully saturated rings. The second-order valence-corrected chi connectivity index (χ2v) is 5.69. The summed E-state index contributed by atoms with van der Waals surface area (Å²) in [4.78, 5) is 27.7. The summed E-state index contributed by atoms with van der Waals surface area (Å²) in [6.07, 6.45) is 1.58. The molecule has 0 aliphatic heterocycles. The lowest BCUT2D eigenvalue weighted by Crippen LogP contribution is -2.24. The summed E-state index contributed by atoms with van der Waals surface area (Å²) in [6.45, 7) is 3.89. The molecule has 25 heavy (non-hydrogen) atoms. The van der Waals surface area contributed by atoms with Crippen molar-refractivity contribution < 1.29 is 9.18 Å². The smallest absolute Gasteiger partial charge is 0.266 e. The van der Waals surface area contributed by atoms with E-state index in [0.29, 0.717) is 28.7 Å². The molecule has 3 aromatic rings. The van der Waals surface area contributed by atoms with Gasteiger partial charge in [-0.05, 0) is 54.7 Å². The molecule has 0 saturated carbocycles. The minimum Gasteiger partial charge on any atom is -0.349 e. The van der Waals surface area contributed by atoms with Crippen LogP contribution in [-0.4, -0.2) is 22.0 Å². The summed E-state index contributed by atoms with van der Waals surface area (Å²) < 4.78 is 14.5. The van der Waals surface area contributed by atoms with Crippen LogP contribution in [0.2, 0.25) is 0 Å². The van der Waals surface area contributed by atoms with Gasteiger partial charge in [0.15, 0.2) is 4.77 Å². The summed E-state index contributed by atoms with van der Waals surface area (Å²) in [5.41, 5.74) is 0.976. The Kier molecular flexibility index (Phi) is 4.58. The fraction of sp³-hybridized carbons (Fsp3) is 0.0556. The van der Waals surface area contributed by atoms with Crippen LogP contribution in [0.4, 0.5) is 4.39 Å².